The normalized spacial score (nSPS) is 10.8. The van der Waals surface area contributed by atoms with Crippen molar-refractivity contribution in [1.29, 1.82) is 0 Å². The minimum atomic E-state index is -0.879. The third kappa shape index (κ3) is 1.90. The first-order valence-corrected chi connectivity index (χ1v) is 5.37. The van der Waals surface area contributed by atoms with Crippen LogP contribution in [0.3, 0.4) is 0 Å². The average Bonchev–Trinajstić information content (AvgIpc) is 2.81. The van der Waals surface area contributed by atoms with Crippen LogP contribution < -0.4 is 5.32 Å². The van der Waals surface area contributed by atoms with Crippen LogP contribution in [0.25, 0.3) is 11.0 Å². The van der Waals surface area contributed by atoms with Gasteiger partial charge in [0.2, 0.25) is 0 Å². The van der Waals surface area contributed by atoms with Crippen molar-refractivity contribution in [1.82, 2.24) is 9.97 Å². The van der Waals surface area contributed by atoms with Crippen LogP contribution in [0.1, 0.15) is 0 Å². The SMILES string of the molecule is Fc1ccc(Nc2cnc3[nH]ccc3c2)cc1F. The number of halogens is 2. The lowest BCUT2D eigenvalue weighted by Crippen LogP contribution is -1.93. The van der Waals surface area contributed by atoms with Crippen LogP contribution in [-0.4, -0.2) is 9.97 Å². The van der Waals surface area contributed by atoms with Gasteiger partial charge >= 0.3 is 0 Å². The van der Waals surface area contributed by atoms with Crippen LogP contribution in [-0.2, 0) is 0 Å². The van der Waals surface area contributed by atoms with Gasteiger partial charge in [-0.3, -0.25) is 0 Å². The molecular weight excluding hydrogens is 236 g/mol. The van der Waals surface area contributed by atoms with E-state index in [4.69, 9.17) is 0 Å². The molecule has 0 saturated heterocycles. The molecule has 3 aromatic rings. The fourth-order valence-corrected chi connectivity index (χ4v) is 1.75. The molecule has 0 amide bonds. The van der Waals surface area contributed by atoms with Crippen LogP contribution in [0.15, 0.2) is 42.7 Å². The topological polar surface area (TPSA) is 40.7 Å². The molecule has 0 fully saturated rings. The molecule has 5 heteroatoms. The van der Waals surface area contributed by atoms with E-state index in [1.165, 1.54) is 6.07 Å². The number of H-pyrrole nitrogens is 1. The highest BCUT2D eigenvalue weighted by molar-refractivity contribution is 5.80. The Balaban J connectivity index is 1.92. The number of nitrogens with one attached hydrogen (secondary N) is 2. The van der Waals surface area contributed by atoms with Gasteiger partial charge in [-0.15, -0.1) is 0 Å². The summed E-state index contributed by atoms with van der Waals surface area (Å²) in [6.45, 7) is 0. The second kappa shape index (κ2) is 4.10. The monoisotopic (exact) mass is 245 g/mol. The molecule has 1 aromatic carbocycles. The third-order valence-corrected chi connectivity index (χ3v) is 2.61. The molecule has 2 heterocycles. The Morgan fingerprint density at radius 3 is 2.72 bits per heavy atom. The van der Waals surface area contributed by atoms with Crippen molar-refractivity contribution >= 4 is 22.4 Å². The van der Waals surface area contributed by atoms with Gasteiger partial charge in [0.1, 0.15) is 5.65 Å². The van der Waals surface area contributed by atoms with E-state index in [0.29, 0.717) is 11.4 Å². The van der Waals surface area contributed by atoms with E-state index in [1.807, 2.05) is 12.1 Å². The molecule has 0 spiro atoms. The van der Waals surface area contributed by atoms with E-state index >= 15 is 0 Å². The summed E-state index contributed by atoms with van der Waals surface area (Å²) in [6, 6.07) is 7.43. The van der Waals surface area contributed by atoms with Gasteiger partial charge in [-0.2, -0.15) is 0 Å². The average molecular weight is 245 g/mol. The molecule has 0 atom stereocenters. The minimum absolute atomic E-state index is 0.477. The molecule has 0 saturated carbocycles. The zero-order valence-corrected chi connectivity index (χ0v) is 9.24. The quantitative estimate of drug-likeness (QED) is 0.724. The molecule has 0 aliphatic rings. The van der Waals surface area contributed by atoms with Crippen molar-refractivity contribution in [3.8, 4) is 0 Å². The predicted octanol–water partition coefficient (Wildman–Crippen LogP) is 3.58. The van der Waals surface area contributed by atoms with Gasteiger partial charge < -0.3 is 10.3 Å². The summed E-state index contributed by atoms with van der Waals surface area (Å²) in [5.41, 5.74) is 1.98. The summed E-state index contributed by atoms with van der Waals surface area (Å²) in [4.78, 5) is 7.17. The number of benzene rings is 1. The van der Waals surface area contributed by atoms with Crippen LogP contribution >= 0.6 is 0 Å². The van der Waals surface area contributed by atoms with Gasteiger partial charge in [-0.1, -0.05) is 0 Å². The number of aromatic nitrogens is 2. The van der Waals surface area contributed by atoms with Crippen LogP contribution in [0.2, 0.25) is 0 Å². The maximum Gasteiger partial charge on any atom is 0.160 e. The minimum Gasteiger partial charge on any atom is -0.354 e. The molecule has 0 radical (unpaired) electrons. The lowest BCUT2D eigenvalue weighted by atomic mass is 10.2. The Kier molecular flexibility index (Phi) is 2.44. The van der Waals surface area contributed by atoms with Gasteiger partial charge in [0.05, 0.1) is 11.9 Å². The fourth-order valence-electron chi connectivity index (χ4n) is 1.75. The zero-order chi connectivity index (χ0) is 12.5. The molecule has 0 unspecified atom stereocenters. The van der Waals surface area contributed by atoms with E-state index in [-0.39, 0.29) is 0 Å². The van der Waals surface area contributed by atoms with Gasteiger partial charge in [-0.25, -0.2) is 13.8 Å². The number of rotatable bonds is 2. The second-order valence-electron chi connectivity index (χ2n) is 3.89. The van der Waals surface area contributed by atoms with E-state index in [1.54, 1.807) is 12.4 Å². The highest BCUT2D eigenvalue weighted by atomic mass is 19.2. The van der Waals surface area contributed by atoms with E-state index in [2.05, 4.69) is 15.3 Å². The zero-order valence-electron chi connectivity index (χ0n) is 9.24. The fraction of sp³-hybridized carbons (Fsp3) is 0. The number of pyridine rings is 1. The van der Waals surface area contributed by atoms with Gasteiger partial charge in [-0.05, 0) is 24.3 Å². The summed E-state index contributed by atoms with van der Waals surface area (Å²) in [5, 5.41) is 3.92. The lowest BCUT2D eigenvalue weighted by Gasteiger charge is -2.06. The molecule has 0 aliphatic carbocycles. The van der Waals surface area contributed by atoms with Crippen molar-refractivity contribution < 1.29 is 8.78 Å². The Bertz CT molecular complexity index is 706. The molecule has 3 nitrogen and oxygen atoms in total. The van der Waals surface area contributed by atoms with Crippen LogP contribution in [0.4, 0.5) is 20.2 Å². The maximum absolute atomic E-state index is 13.0. The number of nitrogens with zero attached hydrogens (tertiary/aromatic N) is 1. The molecule has 18 heavy (non-hydrogen) atoms. The van der Waals surface area contributed by atoms with Gasteiger partial charge in [0.15, 0.2) is 11.6 Å². The lowest BCUT2D eigenvalue weighted by molar-refractivity contribution is 0.509. The molecule has 2 N–H and O–H groups in total. The molecule has 90 valence electrons. The Morgan fingerprint density at radius 2 is 1.89 bits per heavy atom. The van der Waals surface area contributed by atoms with Gasteiger partial charge in [0, 0.05) is 23.3 Å². The Labute approximate surface area is 101 Å². The number of aromatic amines is 1. The summed E-state index contributed by atoms with van der Waals surface area (Å²) in [7, 11) is 0. The highest BCUT2D eigenvalue weighted by Gasteiger charge is 2.03. The van der Waals surface area contributed by atoms with Crippen molar-refractivity contribution in [2.45, 2.75) is 0 Å². The van der Waals surface area contributed by atoms with Gasteiger partial charge in [0.25, 0.3) is 0 Å². The maximum atomic E-state index is 13.0. The smallest absolute Gasteiger partial charge is 0.160 e. The van der Waals surface area contributed by atoms with E-state index in [9.17, 15) is 8.78 Å². The summed E-state index contributed by atoms with van der Waals surface area (Å²) in [5.74, 6) is -1.74. The molecular formula is C13H9F2N3. The third-order valence-electron chi connectivity index (χ3n) is 2.61. The highest BCUT2D eigenvalue weighted by Crippen LogP contribution is 2.21. The summed E-state index contributed by atoms with van der Waals surface area (Å²) >= 11 is 0. The molecule has 0 aliphatic heterocycles. The predicted molar refractivity (Wildman–Crippen MR) is 65.7 cm³/mol. The number of fused-ring (bicyclic) bond motifs is 1. The van der Waals surface area contributed by atoms with E-state index < -0.39 is 11.6 Å². The standard InChI is InChI=1S/C13H9F2N3/c14-11-2-1-9(6-12(11)15)18-10-5-8-3-4-16-13(8)17-7-10/h1-7,18H,(H,16,17). The number of hydrogen-bond donors (Lipinski definition) is 2. The number of hydrogen-bond acceptors (Lipinski definition) is 2. The first-order valence-electron chi connectivity index (χ1n) is 5.37. The largest absolute Gasteiger partial charge is 0.354 e. The van der Waals surface area contributed by atoms with Crippen LogP contribution in [0, 0.1) is 11.6 Å². The Hall–Kier alpha value is -2.43. The first-order chi connectivity index (χ1) is 8.72. The second-order valence-corrected chi connectivity index (χ2v) is 3.89. The molecule has 3 rings (SSSR count). The summed E-state index contributed by atoms with van der Waals surface area (Å²) in [6.07, 6.45) is 3.42. The van der Waals surface area contributed by atoms with Crippen molar-refractivity contribution in [3.05, 3.63) is 54.4 Å². The van der Waals surface area contributed by atoms with Crippen molar-refractivity contribution in [2.75, 3.05) is 5.32 Å². The van der Waals surface area contributed by atoms with E-state index in [0.717, 1.165) is 23.2 Å². The Morgan fingerprint density at radius 1 is 1.00 bits per heavy atom. The number of anilines is 2. The molecule has 2 aromatic heterocycles. The van der Waals surface area contributed by atoms with Crippen molar-refractivity contribution in [3.63, 3.8) is 0 Å². The van der Waals surface area contributed by atoms with Crippen molar-refractivity contribution in [2.24, 2.45) is 0 Å². The van der Waals surface area contributed by atoms with Crippen LogP contribution in [0.5, 0.6) is 0 Å². The molecule has 0 bridgehead atoms. The summed E-state index contributed by atoms with van der Waals surface area (Å²) < 4.78 is 25.8. The first kappa shape index (κ1) is 10.7.